The second-order valence-corrected chi connectivity index (χ2v) is 7.40. The Balaban J connectivity index is 1.26. The highest BCUT2D eigenvalue weighted by Crippen LogP contribution is 2.16. The number of ether oxygens (including phenoxy) is 1. The summed E-state index contributed by atoms with van der Waals surface area (Å²) in [6.45, 7) is 6.27. The molecule has 0 aromatic heterocycles. The highest BCUT2D eigenvalue weighted by atomic mass is 16.5. The molecular formula is C23H31N3O2. The summed E-state index contributed by atoms with van der Waals surface area (Å²) in [4.78, 5) is 14.5. The Morgan fingerprint density at radius 3 is 2.54 bits per heavy atom. The highest BCUT2D eigenvalue weighted by molar-refractivity contribution is 5.74. The summed E-state index contributed by atoms with van der Waals surface area (Å²) >= 11 is 0. The van der Waals surface area contributed by atoms with Crippen LogP contribution in [0.5, 0.6) is 5.75 Å². The lowest BCUT2D eigenvalue weighted by Crippen LogP contribution is -2.47. The molecule has 1 aliphatic rings. The van der Waals surface area contributed by atoms with E-state index in [2.05, 4.69) is 39.8 Å². The molecule has 2 N–H and O–H groups in total. The molecule has 5 heteroatoms. The Labute approximate surface area is 168 Å². The summed E-state index contributed by atoms with van der Waals surface area (Å²) < 4.78 is 5.75. The van der Waals surface area contributed by atoms with Crippen molar-refractivity contribution in [2.75, 3.05) is 26.2 Å². The first-order chi connectivity index (χ1) is 13.7. The van der Waals surface area contributed by atoms with Crippen LogP contribution in [-0.2, 0) is 6.54 Å². The van der Waals surface area contributed by atoms with Crippen molar-refractivity contribution in [2.45, 2.75) is 38.8 Å². The molecule has 0 atom stereocenters. The normalized spacial score (nSPS) is 15.2. The van der Waals surface area contributed by atoms with Gasteiger partial charge in [0.15, 0.2) is 0 Å². The Kier molecular flexibility index (Phi) is 7.73. The molecule has 2 aromatic carbocycles. The van der Waals surface area contributed by atoms with E-state index in [0.717, 1.165) is 50.2 Å². The van der Waals surface area contributed by atoms with Gasteiger partial charge in [-0.15, -0.1) is 0 Å². The number of benzene rings is 2. The average Bonchev–Trinajstić information content (AvgIpc) is 2.71. The van der Waals surface area contributed by atoms with Gasteiger partial charge in [0.1, 0.15) is 5.75 Å². The summed E-state index contributed by atoms with van der Waals surface area (Å²) in [7, 11) is 0. The van der Waals surface area contributed by atoms with E-state index in [1.807, 2.05) is 37.3 Å². The van der Waals surface area contributed by atoms with Gasteiger partial charge in [-0.05, 0) is 43.4 Å². The number of nitrogens with one attached hydrogen (secondary N) is 2. The van der Waals surface area contributed by atoms with E-state index in [1.165, 1.54) is 5.56 Å². The molecule has 28 heavy (non-hydrogen) atoms. The third-order valence-corrected chi connectivity index (χ3v) is 5.13. The van der Waals surface area contributed by atoms with Gasteiger partial charge >= 0.3 is 6.03 Å². The summed E-state index contributed by atoms with van der Waals surface area (Å²) in [6.07, 6.45) is 2.78. The third kappa shape index (κ3) is 6.57. The van der Waals surface area contributed by atoms with Gasteiger partial charge in [0.25, 0.3) is 0 Å². The van der Waals surface area contributed by atoms with Crippen molar-refractivity contribution < 1.29 is 9.53 Å². The predicted molar refractivity (Wildman–Crippen MR) is 113 cm³/mol. The number of carbonyl (C=O) groups excluding carboxylic acids is 1. The van der Waals surface area contributed by atoms with Crippen LogP contribution in [0.3, 0.4) is 0 Å². The fraction of sp³-hybridized carbons (Fsp3) is 0.435. The molecule has 2 amide bonds. The highest BCUT2D eigenvalue weighted by Gasteiger charge is 2.20. The standard InChI is InChI=1S/C23H31N3O2/c1-19-8-5-6-11-22(19)28-17-7-14-24-23(27)25-21-12-15-26(16-13-21)18-20-9-3-2-4-10-20/h2-6,8-11,21H,7,12-18H2,1H3,(H2,24,25,27). The molecule has 0 aliphatic carbocycles. The van der Waals surface area contributed by atoms with Crippen LogP contribution in [0.2, 0.25) is 0 Å². The number of piperidine rings is 1. The fourth-order valence-electron chi connectivity index (χ4n) is 3.49. The van der Waals surface area contributed by atoms with E-state index in [9.17, 15) is 4.79 Å². The largest absolute Gasteiger partial charge is 0.493 e. The Hall–Kier alpha value is -2.53. The number of rotatable bonds is 8. The second kappa shape index (κ2) is 10.7. The van der Waals surface area contributed by atoms with E-state index in [1.54, 1.807) is 0 Å². The van der Waals surface area contributed by atoms with Crippen LogP contribution in [-0.4, -0.2) is 43.2 Å². The molecule has 0 spiro atoms. The van der Waals surface area contributed by atoms with Crippen molar-refractivity contribution in [1.82, 2.24) is 15.5 Å². The van der Waals surface area contributed by atoms with Crippen molar-refractivity contribution in [2.24, 2.45) is 0 Å². The van der Waals surface area contributed by atoms with Crippen LogP contribution < -0.4 is 15.4 Å². The van der Waals surface area contributed by atoms with E-state index in [-0.39, 0.29) is 12.1 Å². The van der Waals surface area contributed by atoms with Crippen molar-refractivity contribution in [1.29, 1.82) is 0 Å². The Bertz CT molecular complexity index is 728. The lowest BCUT2D eigenvalue weighted by Gasteiger charge is -2.32. The number of aryl methyl sites for hydroxylation is 1. The number of carbonyl (C=O) groups is 1. The minimum Gasteiger partial charge on any atom is -0.493 e. The molecular weight excluding hydrogens is 350 g/mol. The lowest BCUT2D eigenvalue weighted by atomic mass is 10.0. The Morgan fingerprint density at radius 1 is 1.07 bits per heavy atom. The summed E-state index contributed by atoms with van der Waals surface area (Å²) in [5, 5.41) is 6.04. The maximum atomic E-state index is 12.1. The number of amides is 2. The van der Waals surface area contributed by atoms with Gasteiger partial charge in [-0.3, -0.25) is 4.90 Å². The van der Waals surface area contributed by atoms with Gasteiger partial charge in [-0.2, -0.15) is 0 Å². The molecule has 150 valence electrons. The van der Waals surface area contributed by atoms with Crippen molar-refractivity contribution in [3.8, 4) is 5.75 Å². The molecule has 5 nitrogen and oxygen atoms in total. The fourth-order valence-corrected chi connectivity index (χ4v) is 3.49. The van der Waals surface area contributed by atoms with Crippen LogP contribution in [0.1, 0.15) is 30.4 Å². The zero-order chi connectivity index (χ0) is 19.6. The van der Waals surface area contributed by atoms with Gasteiger partial charge in [0.05, 0.1) is 6.61 Å². The van der Waals surface area contributed by atoms with E-state index < -0.39 is 0 Å². The molecule has 2 aromatic rings. The summed E-state index contributed by atoms with van der Waals surface area (Å²) in [5.74, 6) is 0.911. The van der Waals surface area contributed by atoms with Crippen LogP contribution in [0.15, 0.2) is 54.6 Å². The average molecular weight is 382 g/mol. The monoisotopic (exact) mass is 381 g/mol. The number of hydrogen-bond acceptors (Lipinski definition) is 3. The molecule has 3 rings (SSSR count). The first-order valence-corrected chi connectivity index (χ1v) is 10.2. The van der Waals surface area contributed by atoms with Crippen LogP contribution in [0.25, 0.3) is 0 Å². The summed E-state index contributed by atoms with van der Waals surface area (Å²) in [6, 6.07) is 18.7. The molecule has 1 saturated heterocycles. The molecule has 0 radical (unpaired) electrons. The summed E-state index contributed by atoms with van der Waals surface area (Å²) in [5.41, 5.74) is 2.48. The number of hydrogen-bond donors (Lipinski definition) is 2. The van der Waals surface area contributed by atoms with Crippen molar-refractivity contribution >= 4 is 6.03 Å². The number of para-hydroxylation sites is 1. The minimum atomic E-state index is -0.0719. The van der Waals surface area contributed by atoms with Gasteiger partial charge in [-0.1, -0.05) is 48.5 Å². The zero-order valence-electron chi connectivity index (χ0n) is 16.7. The first-order valence-electron chi connectivity index (χ1n) is 10.2. The number of likely N-dealkylation sites (tertiary alicyclic amines) is 1. The van der Waals surface area contributed by atoms with Gasteiger partial charge < -0.3 is 15.4 Å². The van der Waals surface area contributed by atoms with Crippen LogP contribution in [0, 0.1) is 6.92 Å². The molecule has 0 unspecified atom stereocenters. The topological polar surface area (TPSA) is 53.6 Å². The second-order valence-electron chi connectivity index (χ2n) is 7.40. The zero-order valence-corrected chi connectivity index (χ0v) is 16.7. The molecule has 1 heterocycles. The molecule has 1 aliphatic heterocycles. The van der Waals surface area contributed by atoms with E-state index in [4.69, 9.17) is 4.74 Å². The number of urea groups is 1. The smallest absolute Gasteiger partial charge is 0.315 e. The van der Waals surface area contributed by atoms with Crippen LogP contribution in [0.4, 0.5) is 4.79 Å². The molecule has 0 bridgehead atoms. The number of nitrogens with zero attached hydrogens (tertiary/aromatic N) is 1. The third-order valence-electron chi connectivity index (χ3n) is 5.13. The van der Waals surface area contributed by atoms with Gasteiger partial charge in [0.2, 0.25) is 0 Å². The molecule has 0 saturated carbocycles. The lowest BCUT2D eigenvalue weighted by molar-refractivity contribution is 0.186. The maximum Gasteiger partial charge on any atom is 0.315 e. The van der Waals surface area contributed by atoms with Crippen molar-refractivity contribution in [3.63, 3.8) is 0 Å². The van der Waals surface area contributed by atoms with Crippen LogP contribution >= 0.6 is 0 Å². The SMILES string of the molecule is Cc1ccccc1OCCCNC(=O)NC1CCN(Cc2ccccc2)CC1. The van der Waals surface area contributed by atoms with Crippen molar-refractivity contribution in [3.05, 3.63) is 65.7 Å². The van der Waals surface area contributed by atoms with Gasteiger partial charge in [0, 0.05) is 32.2 Å². The molecule has 1 fully saturated rings. The predicted octanol–water partition coefficient (Wildman–Crippen LogP) is 3.73. The quantitative estimate of drug-likeness (QED) is 0.685. The van der Waals surface area contributed by atoms with E-state index >= 15 is 0 Å². The first kappa shape index (κ1) is 20.2. The Morgan fingerprint density at radius 2 is 1.79 bits per heavy atom. The maximum absolute atomic E-state index is 12.1. The van der Waals surface area contributed by atoms with E-state index in [0.29, 0.717) is 13.2 Å². The van der Waals surface area contributed by atoms with Gasteiger partial charge in [-0.25, -0.2) is 4.79 Å². The minimum absolute atomic E-state index is 0.0719.